The average Bonchev–Trinajstić information content (AvgIpc) is 3.33. The van der Waals surface area contributed by atoms with E-state index in [-0.39, 0.29) is 24.1 Å². The predicted octanol–water partition coefficient (Wildman–Crippen LogP) is 2.08. The second-order valence-electron chi connectivity index (χ2n) is 8.06. The van der Waals surface area contributed by atoms with Crippen LogP contribution in [-0.4, -0.2) is 55.1 Å². The molecule has 0 spiro atoms. The van der Waals surface area contributed by atoms with Crippen molar-refractivity contribution in [2.75, 3.05) is 31.2 Å². The summed E-state index contributed by atoms with van der Waals surface area (Å²) in [5.74, 6) is 1.56. The Balaban J connectivity index is 1.40. The molecule has 31 heavy (non-hydrogen) atoms. The van der Waals surface area contributed by atoms with Crippen LogP contribution in [0.15, 0.2) is 35.2 Å². The molecule has 1 atom stereocenters. The van der Waals surface area contributed by atoms with Crippen molar-refractivity contribution in [3.8, 4) is 0 Å². The fraction of sp³-hybridized carbons (Fsp3) is 0.500. The van der Waals surface area contributed by atoms with E-state index in [4.69, 9.17) is 9.97 Å². The Hall–Kier alpha value is -2.52. The van der Waals surface area contributed by atoms with E-state index in [0.29, 0.717) is 30.8 Å². The number of aromatic nitrogens is 2. The highest BCUT2D eigenvalue weighted by molar-refractivity contribution is 7.91. The number of rotatable bonds is 7. The van der Waals surface area contributed by atoms with Gasteiger partial charge in [-0.1, -0.05) is 18.2 Å². The molecule has 1 amide bonds. The monoisotopic (exact) mass is 443 g/mol. The first-order chi connectivity index (χ1) is 15.0. The molecule has 1 aromatic carbocycles. The summed E-state index contributed by atoms with van der Waals surface area (Å²) in [4.78, 5) is 24.4. The summed E-state index contributed by atoms with van der Waals surface area (Å²) in [5.41, 5.74) is 1.96. The third-order valence-electron chi connectivity index (χ3n) is 5.95. The minimum absolute atomic E-state index is 0.0286. The van der Waals surface area contributed by atoms with E-state index < -0.39 is 9.84 Å². The minimum Gasteiger partial charge on any atom is -0.373 e. The predicted molar refractivity (Wildman–Crippen MR) is 118 cm³/mol. The number of nitrogens with one attached hydrogen (secondary N) is 2. The molecular weight excluding hydrogens is 414 g/mol. The minimum atomic E-state index is -3.37. The number of carbonyl (C=O) groups is 1. The molecule has 8 nitrogen and oxygen atoms in total. The van der Waals surface area contributed by atoms with Crippen molar-refractivity contribution in [1.29, 1.82) is 0 Å². The van der Waals surface area contributed by atoms with Gasteiger partial charge in [0.15, 0.2) is 9.84 Å². The van der Waals surface area contributed by atoms with Crippen LogP contribution in [0.25, 0.3) is 0 Å². The molecule has 0 bridgehead atoms. The Kier molecular flexibility index (Phi) is 6.52. The maximum absolute atomic E-state index is 12.8. The van der Waals surface area contributed by atoms with Crippen molar-refractivity contribution in [2.45, 2.75) is 49.6 Å². The fourth-order valence-corrected chi connectivity index (χ4v) is 5.58. The molecule has 1 saturated heterocycles. The van der Waals surface area contributed by atoms with E-state index >= 15 is 0 Å². The number of sulfone groups is 1. The van der Waals surface area contributed by atoms with Crippen LogP contribution in [0.4, 0.5) is 5.82 Å². The standard InChI is InChI=1S/C22H29N5O3S/c1-23-21-17-11-13-27(15-19(17)25-22(26-21)18-9-5-12-24-18)20(28)10-6-14-31(29,30)16-7-3-2-4-8-16/h2-4,7-8,18,24H,5-6,9-15H2,1H3,(H,23,25,26)/t18-/m0/s1. The summed E-state index contributed by atoms with van der Waals surface area (Å²) in [7, 11) is -1.51. The van der Waals surface area contributed by atoms with Gasteiger partial charge in [-0.15, -0.1) is 0 Å². The van der Waals surface area contributed by atoms with Gasteiger partial charge in [0, 0.05) is 25.6 Å². The number of nitrogens with zero attached hydrogens (tertiary/aromatic N) is 3. The van der Waals surface area contributed by atoms with Crippen molar-refractivity contribution in [1.82, 2.24) is 20.2 Å². The summed E-state index contributed by atoms with van der Waals surface area (Å²) in [6.07, 6.45) is 3.33. The van der Waals surface area contributed by atoms with Crippen molar-refractivity contribution in [2.24, 2.45) is 0 Å². The lowest BCUT2D eigenvalue weighted by atomic mass is 10.0. The van der Waals surface area contributed by atoms with E-state index in [1.807, 2.05) is 7.05 Å². The topological polar surface area (TPSA) is 104 Å². The third kappa shape index (κ3) is 4.88. The maximum atomic E-state index is 12.8. The zero-order valence-electron chi connectivity index (χ0n) is 17.8. The van der Waals surface area contributed by atoms with Gasteiger partial charge in [-0.2, -0.15) is 0 Å². The molecule has 1 fully saturated rings. The lowest BCUT2D eigenvalue weighted by Crippen LogP contribution is -2.37. The smallest absolute Gasteiger partial charge is 0.222 e. The van der Waals surface area contributed by atoms with Gasteiger partial charge in [0.05, 0.1) is 28.9 Å². The number of anilines is 1. The Bertz CT molecular complexity index is 1040. The molecule has 3 heterocycles. The van der Waals surface area contributed by atoms with Gasteiger partial charge in [0.2, 0.25) is 5.91 Å². The third-order valence-corrected chi connectivity index (χ3v) is 7.77. The van der Waals surface area contributed by atoms with E-state index in [1.54, 1.807) is 35.2 Å². The van der Waals surface area contributed by atoms with E-state index in [9.17, 15) is 13.2 Å². The number of amides is 1. The Labute approximate surface area is 183 Å². The SMILES string of the molecule is CNc1nc([C@@H]2CCCN2)nc2c1CCN(C(=O)CCCS(=O)(=O)c1ccccc1)C2. The highest BCUT2D eigenvalue weighted by Crippen LogP contribution is 2.28. The molecule has 2 aliphatic heterocycles. The highest BCUT2D eigenvalue weighted by Gasteiger charge is 2.28. The van der Waals surface area contributed by atoms with Gasteiger partial charge >= 0.3 is 0 Å². The van der Waals surface area contributed by atoms with Gasteiger partial charge < -0.3 is 15.5 Å². The van der Waals surface area contributed by atoms with Crippen molar-refractivity contribution >= 4 is 21.6 Å². The quantitative estimate of drug-likeness (QED) is 0.675. The van der Waals surface area contributed by atoms with Gasteiger partial charge in [-0.3, -0.25) is 4.79 Å². The largest absolute Gasteiger partial charge is 0.373 e. The molecule has 0 unspecified atom stereocenters. The first-order valence-electron chi connectivity index (χ1n) is 10.8. The lowest BCUT2D eigenvalue weighted by Gasteiger charge is -2.30. The Morgan fingerprint density at radius 2 is 2.06 bits per heavy atom. The van der Waals surface area contributed by atoms with E-state index in [0.717, 1.165) is 42.3 Å². The highest BCUT2D eigenvalue weighted by atomic mass is 32.2. The first kappa shape index (κ1) is 21.7. The lowest BCUT2D eigenvalue weighted by molar-refractivity contribution is -0.132. The summed E-state index contributed by atoms with van der Waals surface area (Å²) >= 11 is 0. The number of hydrogen-bond donors (Lipinski definition) is 2. The molecule has 166 valence electrons. The number of fused-ring (bicyclic) bond motifs is 1. The Morgan fingerprint density at radius 1 is 1.26 bits per heavy atom. The van der Waals surface area contributed by atoms with Crippen LogP contribution in [0.1, 0.15) is 48.8 Å². The van der Waals surface area contributed by atoms with Crippen molar-refractivity contribution in [3.63, 3.8) is 0 Å². The number of hydrogen-bond acceptors (Lipinski definition) is 7. The number of carbonyl (C=O) groups excluding carboxylic acids is 1. The fourth-order valence-electron chi connectivity index (χ4n) is 4.25. The maximum Gasteiger partial charge on any atom is 0.222 e. The zero-order chi connectivity index (χ0) is 21.8. The van der Waals surface area contributed by atoms with Crippen molar-refractivity contribution < 1.29 is 13.2 Å². The summed E-state index contributed by atoms with van der Waals surface area (Å²) < 4.78 is 24.9. The van der Waals surface area contributed by atoms with Crippen LogP contribution in [0.3, 0.4) is 0 Å². The van der Waals surface area contributed by atoms with Crippen LogP contribution < -0.4 is 10.6 Å². The number of benzene rings is 1. The molecule has 9 heteroatoms. The van der Waals surface area contributed by atoms with Crippen LogP contribution in [0, 0.1) is 0 Å². The second kappa shape index (κ2) is 9.32. The molecule has 0 saturated carbocycles. The average molecular weight is 444 g/mol. The Morgan fingerprint density at radius 3 is 2.77 bits per heavy atom. The normalized spacial score (nSPS) is 18.6. The molecule has 2 N–H and O–H groups in total. The van der Waals surface area contributed by atoms with Gasteiger partial charge in [-0.25, -0.2) is 18.4 Å². The first-order valence-corrected chi connectivity index (χ1v) is 12.5. The van der Waals surface area contributed by atoms with Crippen LogP contribution in [-0.2, 0) is 27.6 Å². The van der Waals surface area contributed by atoms with Crippen LogP contribution in [0.2, 0.25) is 0 Å². The van der Waals surface area contributed by atoms with Crippen molar-refractivity contribution in [3.05, 3.63) is 47.4 Å². The molecule has 0 aliphatic carbocycles. The van der Waals surface area contributed by atoms with Gasteiger partial charge in [0.25, 0.3) is 0 Å². The van der Waals surface area contributed by atoms with Crippen LogP contribution >= 0.6 is 0 Å². The van der Waals surface area contributed by atoms with Crippen LogP contribution in [0.5, 0.6) is 0 Å². The summed E-state index contributed by atoms with van der Waals surface area (Å²) in [6, 6.07) is 8.54. The molecule has 2 aromatic rings. The van der Waals surface area contributed by atoms with Gasteiger partial charge in [0.1, 0.15) is 11.6 Å². The van der Waals surface area contributed by atoms with E-state index in [2.05, 4.69) is 10.6 Å². The molecule has 0 radical (unpaired) electrons. The molecule has 4 rings (SSSR count). The van der Waals surface area contributed by atoms with Gasteiger partial charge in [-0.05, 0) is 44.4 Å². The van der Waals surface area contributed by atoms with E-state index in [1.165, 1.54) is 0 Å². The molecule has 1 aromatic heterocycles. The molecule has 2 aliphatic rings. The molecular formula is C22H29N5O3S. The second-order valence-corrected chi connectivity index (χ2v) is 10.2. The summed E-state index contributed by atoms with van der Waals surface area (Å²) in [5, 5.41) is 6.61. The summed E-state index contributed by atoms with van der Waals surface area (Å²) in [6.45, 7) is 2.00. The zero-order valence-corrected chi connectivity index (χ0v) is 18.6.